The molecule has 1 amide bonds. The molecule has 2 rings (SSSR count). The summed E-state index contributed by atoms with van der Waals surface area (Å²) in [4.78, 5) is 12.0. The average molecular weight is 234 g/mol. The van der Waals surface area contributed by atoms with E-state index in [1.807, 2.05) is 6.92 Å². The van der Waals surface area contributed by atoms with Crippen molar-refractivity contribution < 1.29 is 4.79 Å². The van der Waals surface area contributed by atoms with Crippen LogP contribution in [-0.4, -0.2) is 12.5 Å². The van der Waals surface area contributed by atoms with Gasteiger partial charge in [-0.05, 0) is 50.4 Å². The number of amides is 1. The zero-order chi connectivity index (χ0) is 12.5. The predicted octanol–water partition coefficient (Wildman–Crippen LogP) is 2.48. The highest BCUT2D eigenvalue weighted by Crippen LogP contribution is 2.47. The van der Waals surface area contributed by atoms with Crippen LogP contribution in [0.4, 0.5) is 0 Å². The first-order chi connectivity index (χ1) is 8.09. The molecule has 17 heavy (non-hydrogen) atoms. The largest absolute Gasteiger partial charge is 0.354 e. The molecule has 94 valence electrons. The van der Waals surface area contributed by atoms with Crippen molar-refractivity contribution in [3.63, 3.8) is 0 Å². The summed E-state index contributed by atoms with van der Waals surface area (Å²) in [7, 11) is 0. The second-order valence-electron chi connectivity index (χ2n) is 5.94. The minimum absolute atomic E-state index is 0.0923. The van der Waals surface area contributed by atoms with Gasteiger partial charge in [0.1, 0.15) is 5.41 Å². The van der Waals surface area contributed by atoms with Gasteiger partial charge in [-0.15, -0.1) is 0 Å². The maximum absolute atomic E-state index is 12.0. The van der Waals surface area contributed by atoms with E-state index in [-0.39, 0.29) is 5.91 Å². The fourth-order valence-electron chi connectivity index (χ4n) is 3.34. The van der Waals surface area contributed by atoms with Gasteiger partial charge in [0.25, 0.3) is 0 Å². The van der Waals surface area contributed by atoms with Crippen LogP contribution in [0.25, 0.3) is 0 Å². The van der Waals surface area contributed by atoms with Crippen LogP contribution in [0.5, 0.6) is 0 Å². The average Bonchev–Trinajstić information content (AvgIpc) is 2.96. The van der Waals surface area contributed by atoms with Gasteiger partial charge in [0.15, 0.2) is 0 Å². The summed E-state index contributed by atoms with van der Waals surface area (Å²) in [5.41, 5.74) is -0.850. The molecule has 2 fully saturated rings. The van der Waals surface area contributed by atoms with Gasteiger partial charge < -0.3 is 5.32 Å². The van der Waals surface area contributed by atoms with Crippen molar-refractivity contribution in [3.8, 4) is 6.07 Å². The fraction of sp³-hybridized carbons (Fsp3) is 0.857. The molecule has 2 saturated carbocycles. The van der Waals surface area contributed by atoms with E-state index in [0.29, 0.717) is 12.3 Å². The highest BCUT2D eigenvalue weighted by atomic mass is 16.2. The second-order valence-corrected chi connectivity index (χ2v) is 5.94. The number of hydrogen-bond donors (Lipinski definition) is 1. The highest BCUT2D eigenvalue weighted by Gasteiger charge is 2.40. The molecule has 3 nitrogen and oxygen atoms in total. The number of hydrogen-bond acceptors (Lipinski definition) is 2. The number of nitrogens with one attached hydrogen (secondary N) is 1. The predicted molar refractivity (Wildman–Crippen MR) is 66.0 cm³/mol. The molecule has 0 spiro atoms. The molecule has 3 heteroatoms. The van der Waals surface area contributed by atoms with Gasteiger partial charge >= 0.3 is 0 Å². The molecular weight excluding hydrogens is 212 g/mol. The number of fused-ring (bicyclic) bond motifs is 2. The first-order valence-corrected chi connectivity index (χ1v) is 6.78. The Morgan fingerprint density at radius 3 is 2.71 bits per heavy atom. The number of carbonyl (C=O) groups is 1. The molecule has 4 unspecified atom stereocenters. The van der Waals surface area contributed by atoms with Crippen LogP contribution in [0.1, 0.15) is 46.0 Å². The Balaban J connectivity index is 1.83. The standard InChI is InChI=1S/C14H22N2O/c1-3-14(2,9-15)13(17)16-8-12-7-10-4-5-11(12)6-10/h10-12H,3-8H2,1-2H3,(H,16,17). The summed E-state index contributed by atoms with van der Waals surface area (Å²) >= 11 is 0. The Labute approximate surface area is 104 Å². The highest BCUT2D eigenvalue weighted by molar-refractivity contribution is 5.84. The van der Waals surface area contributed by atoms with E-state index < -0.39 is 5.41 Å². The Hall–Kier alpha value is -1.04. The molecule has 0 aromatic carbocycles. The topological polar surface area (TPSA) is 52.9 Å². The van der Waals surface area contributed by atoms with Crippen molar-refractivity contribution in [3.05, 3.63) is 0 Å². The van der Waals surface area contributed by atoms with Crippen LogP contribution >= 0.6 is 0 Å². The van der Waals surface area contributed by atoms with Gasteiger partial charge in [-0.25, -0.2) is 0 Å². The molecule has 0 heterocycles. The van der Waals surface area contributed by atoms with E-state index in [2.05, 4.69) is 11.4 Å². The van der Waals surface area contributed by atoms with E-state index in [1.54, 1.807) is 6.92 Å². The van der Waals surface area contributed by atoms with Crippen molar-refractivity contribution >= 4 is 5.91 Å². The molecule has 0 aromatic heterocycles. The van der Waals surface area contributed by atoms with Crippen molar-refractivity contribution in [2.45, 2.75) is 46.0 Å². The van der Waals surface area contributed by atoms with E-state index in [1.165, 1.54) is 25.7 Å². The number of nitrogens with zero attached hydrogens (tertiary/aromatic N) is 1. The lowest BCUT2D eigenvalue weighted by atomic mass is 9.86. The Morgan fingerprint density at radius 2 is 2.24 bits per heavy atom. The van der Waals surface area contributed by atoms with Gasteiger partial charge in [-0.2, -0.15) is 5.26 Å². The molecule has 0 aliphatic heterocycles. The second kappa shape index (κ2) is 4.68. The maximum atomic E-state index is 12.0. The maximum Gasteiger partial charge on any atom is 0.240 e. The third-order valence-electron chi connectivity index (χ3n) is 4.86. The summed E-state index contributed by atoms with van der Waals surface area (Å²) in [5.74, 6) is 2.31. The minimum Gasteiger partial charge on any atom is -0.354 e. The molecule has 0 aromatic rings. The third-order valence-corrected chi connectivity index (χ3v) is 4.86. The third kappa shape index (κ3) is 2.31. The van der Waals surface area contributed by atoms with Crippen LogP contribution in [0.2, 0.25) is 0 Å². The van der Waals surface area contributed by atoms with E-state index in [4.69, 9.17) is 5.26 Å². The molecular formula is C14H22N2O. The summed E-state index contributed by atoms with van der Waals surface area (Å²) in [5, 5.41) is 12.0. The molecule has 4 atom stereocenters. The van der Waals surface area contributed by atoms with E-state index in [0.717, 1.165) is 18.4 Å². The van der Waals surface area contributed by atoms with Crippen LogP contribution in [-0.2, 0) is 4.79 Å². The number of rotatable bonds is 4. The molecule has 2 bridgehead atoms. The van der Waals surface area contributed by atoms with Crippen molar-refractivity contribution in [2.75, 3.05) is 6.54 Å². The molecule has 2 aliphatic carbocycles. The van der Waals surface area contributed by atoms with Crippen molar-refractivity contribution in [1.29, 1.82) is 5.26 Å². The van der Waals surface area contributed by atoms with E-state index in [9.17, 15) is 4.79 Å². The van der Waals surface area contributed by atoms with Gasteiger partial charge in [-0.1, -0.05) is 13.3 Å². The first kappa shape index (κ1) is 12.4. The lowest BCUT2D eigenvalue weighted by Crippen LogP contribution is -2.40. The number of carbonyl (C=O) groups excluding carboxylic acids is 1. The Bertz CT molecular complexity index is 347. The summed E-state index contributed by atoms with van der Waals surface area (Å²) in [6.07, 6.45) is 5.95. The molecule has 2 aliphatic rings. The van der Waals surface area contributed by atoms with Crippen LogP contribution in [0.3, 0.4) is 0 Å². The quantitative estimate of drug-likeness (QED) is 0.812. The van der Waals surface area contributed by atoms with Gasteiger partial charge in [-0.3, -0.25) is 4.79 Å². The Kier molecular flexibility index (Phi) is 3.42. The SMILES string of the molecule is CCC(C)(C#N)C(=O)NCC1CC2CCC1C2. The first-order valence-electron chi connectivity index (χ1n) is 6.78. The normalized spacial score (nSPS) is 34.1. The smallest absolute Gasteiger partial charge is 0.240 e. The summed E-state index contributed by atoms with van der Waals surface area (Å²) in [6.45, 7) is 4.39. The van der Waals surface area contributed by atoms with Crippen molar-refractivity contribution in [2.24, 2.45) is 23.2 Å². The van der Waals surface area contributed by atoms with Crippen LogP contribution < -0.4 is 5.32 Å². The lowest BCUT2D eigenvalue weighted by Gasteiger charge is -2.24. The lowest BCUT2D eigenvalue weighted by molar-refractivity contribution is -0.127. The molecule has 1 N–H and O–H groups in total. The summed E-state index contributed by atoms with van der Waals surface area (Å²) in [6, 6.07) is 2.13. The monoisotopic (exact) mass is 234 g/mol. The number of nitriles is 1. The molecule has 0 saturated heterocycles. The van der Waals surface area contributed by atoms with Gasteiger partial charge in [0.2, 0.25) is 5.91 Å². The van der Waals surface area contributed by atoms with E-state index >= 15 is 0 Å². The minimum atomic E-state index is -0.850. The molecule has 0 radical (unpaired) electrons. The van der Waals surface area contributed by atoms with Crippen LogP contribution in [0, 0.1) is 34.5 Å². The zero-order valence-corrected chi connectivity index (χ0v) is 10.8. The zero-order valence-electron chi connectivity index (χ0n) is 10.8. The van der Waals surface area contributed by atoms with Crippen LogP contribution in [0.15, 0.2) is 0 Å². The Morgan fingerprint density at radius 1 is 1.47 bits per heavy atom. The van der Waals surface area contributed by atoms with Gasteiger partial charge in [0.05, 0.1) is 6.07 Å². The fourth-order valence-corrected chi connectivity index (χ4v) is 3.34. The van der Waals surface area contributed by atoms with Gasteiger partial charge in [0, 0.05) is 6.54 Å². The summed E-state index contributed by atoms with van der Waals surface area (Å²) < 4.78 is 0. The van der Waals surface area contributed by atoms with Crippen molar-refractivity contribution in [1.82, 2.24) is 5.32 Å².